The van der Waals surface area contributed by atoms with Gasteiger partial charge in [-0.25, -0.2) is 5.10 Å². The summed E-state index contributed by atoms with van der Waals surface area (Å²) in [5.74, 6) is 1.29. The van der Waals surface area contributed by atoms with Crippen LogP contribution in [0.15, 0.2) is 47.3 Å². The Labute approximate surface area is 185 Å². The zero-order valence-electron chi connectivity index (χ0n) is 17.3. The number of hydrogen-bond donors (Lipinski definition) is 2. The number of benzene rings is 2. The van der Waals surface area contributed by atoms with Crippen molar-refractivity contribution >= 4 is 17.3 Å². The number of methoxy groups -OCH3 is 2. The zero-order chi connectivity index (χ0) is 23.1. The minimum absolute atomic E-state index is 0.111. The van der Waals surface area contributed by atoms with E-state index in [9.17, 15) is 14.9 Å². The minimum Gasteiger partial charge on any atom is -0.497 e. The number of anilines is 2. The fraction of sp³-hybridized carbons (Fsp3) is 0.150. The van der Waals surface area contributed by atoms with Crippen molar-refractivity contribution in [3.63, 3.8) is 0 Å². The first-order valence-corrected chi connectivity index (χ1v) is 9.66. The Hall–Kier alpha value is -4.81. The number of H-pyrrole nitrogens is 1. The Balaban J connectivity index is 1.82. The van der Waals surface area contributed by atoms with Crippen molar-refractivity contribution in [3.05, 3.63) is 74.1 Å². The van der Waals surface area contributed by atoms with E-state index in [1.165, 1.54) is 31.0 Å². The van der Waals surface area contributed by atoms with Gasteiger partial charge in [0, 0.05) is 34.9 Å². The van der Waals surface area contributed by atoms with Crippen LogP contribution in [0.25, 0.3) is 11.3 Å². The quantitative estimate of drug-likeness (QED) is 0.300. The molecular formula is C20H16N8O5. The van der Waals surface area contributed by atoms with Crippen molar-refractivity contribution in [3.8, 4) is 22.8 Å². The molecule has 0 fully saturated rings. The number of tetrazole rings is 1. The SMILES string of the molecule is COc1ccc([C@H]2c3c(-c4cccc([N+](=O)[O-])c4)n[nH]c(=O)c3Nc3nnnn32)c(OC)c1. The van der Waals surface area contributed by atoms with Crippen LogP contribution in [0.3, 0.4) is 0 Å². The Kier molecular flexibility index (Phi) is 4.70. The van der Waals surface area contributed by atoms with Gasteiger partial charge in [0.05, 0.1) is 24.8 Å². The number of hydrogen-bond acceptors (Lipinski definition) is 10. The summed E-state index contributed by atoms with van der Waals surface area (Å²) >= 11 is 0. The first kappa shape index (κ1) is 20.1. The molecule has 13 heteroatoms. The van der Waals surface area contributed by atoms with E-state index in [1.807, 2.05) is 0 Å². The van der Waals surface area contributed by atoms with Crippen LogP contribution in [-0.4, -0.2) is 49.5 Å². The molecule has 0 bridgehead atoms. The summed E-state index contributed by atoms with van der Waals surface area (Å²) in [4.78, 5) is 23.6. The molecule has 2 aromatic carbocycles. The fourth-order valence-corrected chi connectivity index (χ4v) is 3.86. The normalized spacial score (nSPS) is 14.1. The number of non-ortho nitro benzene ring substituents is 1. The second-order valence-corrected chi connectivity index (χ2v) is 7.08. The van der Waals surface area contributed by atoms with E-state index >= 15 is 0 Å². The summed E-state index contributed by atoms with van der Waals surface area (Å²) in [6, 6.07) is 10.5. The minimum atomic E-state index is -0.726. The van der Waals surface area contributed by atoms with E-state index in [1.54, 1.807) is 30.3 Å². The number of nitrogens with zero attached hydrogens (tertiary/aromatic N) is 6. The molecule has 0 aliphatic carbocycles. The van der Waals surface area contributed by atoms with E-state index in [2.05, 4.69) is 31.0 Å². The van der Waals surface area contributed by atoms with E-state index in [4.69, 9.17) is 9.47 Å². The smallest absolute Gasteiger partial charge is 0.288 e. The molecule has 5 rings (SSSR count). The van der Waals surface area contributed by atoms with Crippen LogP contribution < -0.4 is 20.3 Å². The molecule has 0 unspecified atom stereocenters. The Morgan fingerprint density at radius 1 is 1.15 bits per heavy atom. The summed E-state index contributed by atoms with van der Waals surface area (Å²) in [6.07, 6.45) is 0. The molecule has 1 aliphatic heterocycles. The molecule has 33 heavy (non-hydrogen) atoms. The number of aromatic amines is 1. The fourth-order valence-electron chi connectivity index (χ4n) is 3.86. The summed E-state index contributed by atoms with van der Waals surface area (Å²) < 4.78 is 12.4. The van der Waals surface area contributed by atoms with Gasteiger partial charge < -0.3 is 14.8 Å². The van der Waals surface area contributed by atoms with Gasteiger partial charge in [0.15, 0.2) is 0 Å². The lowest BCUT2D eigenvalue weighted by atomic mass is 9.91. The highest BCUT2D eigenvalue weighted by Crippen LogP contribution is 2.44. The van der Waals surface area contributed by atoms with Gasteiger partial charge >= 0.3 is 0 Å². The first-order chi connectivity index (χ1) is 16.0. The number of fused-ring (bicyclic) bond motifs is 2. The lowest BCUT2D eigenvalue weighted by Crippen LogP contribution is -2.29. The summed E-state index contributed by atoms with van der Waals surface area (Å²) in [7, 11) is 3.05. The van der Waals surface area contributed by atoms with Crippen LogP contribution in [0, 0.1) is 10.1 Å². The van der Waals surface area contributed by atoms with Gasteiger partial charge in [-0.2, -0.15) is 9.78 Å². The molecule has 1 atom stereocenters. The third-order valence-electron chi connectivity index (χ3n) is 5.33. The van der Waals surface area contributed by atoms with Crippen molar-refractivity contribution in [1.29, 1.82) is 0 Å². The van der Waals surface area contributed by atoms with Crippen LogP contribution in [-0.2, 0) is 0 Å². The second kappa shape index (κ2) is 7.71. The standard InChI is InChI=1S/C20H16N8O5/c1-32-12-6-7-13(14(9-12)33-2)18-15-16(10-4-3-5-11(8-10)28(30)31)22-23-19(29)17(15)21-20-24-25-26-27(18)20/h3-9,18H,1-2H3,(H,23,29)(H,21,24,26)/t18-/m0/s1. The summed E-state index contributed by atoms with van der Waals surface area (Å²) in [6.45, 7) is 0. The molecule has 13 nitrogen and oxygen atoms in total. The molecule has 2 aromatic heterocycles. The monoisotopic (exact) mass is 448 g/mol. The van der Waals surface area contributed by atoms with Crippen molar-refractivity contribution in [2.45, 2.75) is 6.04 Å². The van der Waals surface area contributed by atoms with Gasteiger partial charge in [-0.15, -0.1) is 0 Å². The molecular weight excluding hydrogens is 432 g/mol. The van der Waals surface area contributed by atoms with Gasteiger partial charge in [0.2, 0.25) is 5.95 Å². The maximum atomic E-state index is 12.8. The van der Waals surface area contributed by atoms with E-state index < -0.39 is 16.5 Å². The van der Waals surface area contributed by atoms with Gasteiger partial charge in [-0.05, 0) is 22.6 Å². The van der Waals surface area contributed by atoms with Crippen LogP contribution in [0.5, 0.6) is 11.5 Å². The maximum Gasteiger partial charge on any atom is 0.288 e. The summed E-state index contributed by atoms with van der Waals surface area (Å²) in [5.41, 5.74) is 1.40. The van der Waals surface area contributed by atoms with Crippen molar-refractivity contribution < 1.29 is 14.4 Å². The third kappa shape index (κ3) is 3.22. The third-order valence-corrected chi connectivity index (χ3v) is 5.33. The summed E-state index contributed by atoms with van der Waals surface area (Å²) in [5, 5.41) is 32.8. The van der Waals surface area contributed by atoms with Gasteiger partial charge in [-0.3, -0.25) is 14.9 Å². The topological polar surface area (TPSA) is 163 Å². The molecule has 0 saturated carbocycles. The molecule has 0 radical (unpaired) electrons. The van der Waals surface area contributed by atoms with Crippen molar-refractivity contribution in [1.82, 2.24) is 30.4 Å². The highest BCUT2D eigenvalue weighted by molar-refractivity contribution is 5.76. The van der Waals surface area contributed by atoms with E-state index in [-0.39, 0.29) is 17.3 Å². The average molecular weight is 448 g/mol. The number of aromatic nitrogens is 6. The molecule has 166 valence electrons. The molecule has 2 N–H and O–H groups in total. The van der Waals surface area contributed by atoms with Crippen LogP contribution >= 0.6 is 0 Å². The predicted molar refractivity (Wildman–Crippen MR) is 115 cm³/mol. The van der Waals surface area contributed by atoms with Crippen LogP contribution in [0.2, 0.25) is 0 Å². The Morgan fingerprint density at radius 2 is 2.00 bits per heavy atom. The average Bonchev–Trinajstić information content (AvgIpc) is 3.31. The maximum absolute atomic E-state index is 12.8. The Bertz CT molecular complexity index is 1450. The first-order valence-electron chi connectivity index (χ1n) is 9.66. The van der Waals surface area contributed by atoms with E-state index in [0.717, 1.165) is 0 Å². The molecule has 1 aliphatic rings. The molecule has 0 amide bonds. The van der Waals surface area contributed by atoms with Crippen molar-refractivity contribution in [2.75, 3.05) is 19.5 Å². The Morgan fingerprint density at radius 3 is 2.76 bits per heavy atom. The largest absolute Gasteiger partial charge is 0.497 e. The predicted octanol–water partition coefficient (Wildman–Crippen LogP) is 2.04. The van der Waals surface area contributed by atoms with Gasteiger partial charge in [0.25, 0.3) is 11.2 Å². The van der Waals surface area contributed by atoms with Crippen LogP contribution in [0.4, 0.5) is 17.3 Å². The molecule has 3 heterocycles. The lowest BCUT2D eigenvalue weighted by molar-refractivity contribution is -0.384. The van der Waals surface area contributed by atoms with Crippen LogP contribution in [0.1, 0.15) is 17.2 Å². The number of rotatable bonds is 5. The lowest BCUT2D eigenvalue weighted by Gasteiger charge is -2.28. The number of ether oxygens (including phenoxy) is 2. The highest BCUT2D eigenvalue weighted by Gasteiger charge is 2.36. The molecule has 4 aromatic rings. The molecule has 0 spiro atoms. The number of nitrogens with one attached hydrogen (secondary N) is 2. The molecule has 0 saturated heterocycles. The van der Waals surface area contributed by atoms with Gasteiger partial charge in [0.1, 0.15) is 23.2 Å². The number of nitro benzene ring substituents is 1. The second-order valence-electron chi connectivity index (χ2n) is 7.08. The number of nitro groups is 1. The zero-order valence-corrected chi connectivity index (χ0v) is 17.3. The highest BCUT2D eigenvalue weighted by atomic mass is 16.6. The van der Waals surface area contributed by atoms with Gasteiger partial charge in [-0.1, -0.05) is 17.2 Å². The van der Waals surface area contributed by atoms with Crippen molar-refractivity contribution in [2.24, 2.45) is 0 Å². The van der Waals surface area contributed by atoms with E-state index in [0.29, 0.717) is 33.9 Å².